The molecule has 6 heteroatoms. The first kappa shape index (κ1) is 14.9. The van der Waals surface area contributed by atoms with Crippen LogP contribution < -0.4 is 5.46 Å². The number of ether oxygens (including phenoxy) is 1. The smallest absolute Gasteiger partial charge is 0.498 e. The maximum absolute atomic E-state index is 11.4. The number of rotatable bonds is 2. The van der Waals surface area contributed by atoms with E-state index in [-0.39, 0.29) is 11.3 Å². The van der Waals surface area contributed by atoms with Crippen molar-refractivity contribution in [2.75, 3.05) is 7.11 Å². The number of esters is 1. The molecule has 0 atom stereocenters. The number of phenols is 1. The average molecular weight is 278 g/mol. The van der Waals surface area contributed by atoms with E-state index < -0.39 is 24.3 Å². The highest BCUT2D eigenvalue weighted by atomic mass is 16.7. The molecule has 0 unspecified atom stereocenters. The largest absolute Gasteiger partial charge is 0.508 e. The van der Waals surface area contributed by atoms with Crippen LogP contribution >= 0.6 is 0 Å². The predicted octanol–water partition coefficient (Wildman–Crippen LogP) is 1.48. The van der Waals surface area contributed by atoms with Gasteiger partial charge in [-0.3, -0.25) is 0 Å². The molecule has 1 heterocycles. The van der Waals surface area contributed by atoms with Gasteiger partial charge < -0.3 is 19.2 Å². The molecule has 1 aliphatic heterocycles. The summed E-state index contributed by atoms with van der Waals surface area (Å²) in [6.07, 6.45) is 0. The van der Waals surface area contributed by atoms with Crippen LogP contribution in [0.15, 0.2) is 18.2 Å². The molecule has 5 nitrogen and oxygen atoms in total. The molecular weight excluding hydrogens is 259 g/mol. The SMILES string of the molecule is COC(=O)c1ccc(B2OC(C)(C)C(C)(C)O2)c(O)c1. The number of hydrogen-bond donors (Lipinski definition) is 1. The third-order valence-electron chi connectivity index (χ3n) is 3.96. The van der Waals surface area contributed by atoms with Crippen molar-refractivity contribution < 1.29 is 23.9 Å². The van der Waals surface area contributed by atoms with Gasteiger partial charge >= 0.3 is 13.1 Å². The molecule has 1 saturated heterocycles. The fourth-order valence-electron chi connectivity index (χ4n) is 1.96. The van der Waals surface area contributed by atoms with E-state index in [0.717, 1.165) is 0 Å². The molecule has 0 spiro atoms. The van der Waals surface area contributed by atoms with Crippen molar-refractivity contribution in [3.63, 3.8) is 0 Å². The Morgan fingerprint density at radius 3 is 2.20 bits per heavy atom. The van der Waals surface area contributed by atoms with Crippen molar-refractivity contribution in [2.24, 2.45) is 0 Å². The van der Waals surface area contributed by atoms with Crippen LogP contribution in [0.1, 0.15) is 38.1 Å². The predicted molar refractivity (Wildman–Crippen MR) is 75.2 cm³/mol. The Morgan fingerprint density at radius 1 is 1.20 bits per heavy atom. The average Bonchev–Trinajstić information content (AvgIpc) is 2.57. The van der Waals surface area contributed by atoms with Crippen LogP contribution in [-0.2, 0) is 14.0 Å². The Bertz CT molecular complexity index is 522. The minimum absolute atomic E-state index is 0.0496. The monoisotopic (exact) mass is 278 g/mol. The summed E-state index contributed by atoms with van der Waals surface area (Å²) >= 11 is 0. The van der Waals surface area contributed by atoms with E-state index in [9.17, 15) is 9.90 Å². The Kier molecular flexibility index (Phi) is 3.56. The zero-order valence-corrected chi connectivity index (χ0v) is 12.4. The molecule has 1 aromatic rings. The number of carbonyl (C=O) groups is 1. The summed E-state index contributed by atoms with van der Waals surface area (Å²) < 4.78 is 16.3. The van der Waals surface area contributed by atoms with Crippen molar-refractivity contribution >= 4 is 18.6 Å². The molecule has 1 aromatic carbocycles. The Morgan fingerprint density at radius 2 is 1.75 bits per heavy atom. The van der Waals surface area contributed by atoms with Gasteiger partial charge in [0, 0.05) is 5.46 Å². The summed E-state index contributed by atoms with van der Waals surface area (Å²) in [6, 6.07) is 4.54. The molecule has 0 aromatic heterocycles. The minimum Gasteiger partial charge on any atom is -0.508 e. The first-order valence-corrected chi connectivity index (χ1v) is 6.45. The molecule has 1 aliphatic rings. The molecule has 1 N–H and O–H groups in total. The number of phenolic OH excluding ortho intramolecular Hbond substituents is 1. The van der Waals surface area contributed by atoms with E-state index in [4.69, 9.17) is 9.31 Å². The summed E-state index contributed by atoms with van der Waals surface area (Å²) in [7, 11) is 0.633. The van der Waals surface area contributed by atoms with Gasteiger partial charge in [0.1, 0.15) is 5.75 Å². The number of methoxy groups -OCH3 is 1. The Hall–Kier alpha value is -1.53. The number of benzene rings is 1. The summed E-state index contributed by atoms with van der Waals surface area (Å²) in [5.74, 6) is -0.549. The molecular formula is C14H19BO5. The normalized spacial score (nSPS) is 19.9. The first-order chi connectivity index (χ1) is 9.18. The highest BCUT2D eigenvalue weighted by Crippen LogP contribution is 2.37. The fourth-order valence-corrected chi connectivity index (χ4v) is 1.96. The fraction of sp³-hybridized carbons (Fsp3) is 0.500. The molecule has 0 saturated carbocycles. The Balaban J connectivity index is 2.30. The van der Waals surface area contributed by atoms with Crippen molar-refractivity contribution in [3.05, 3.63) is 23.8 Å². The third-order valence-corrected chi connectivity index (χ3v) is 3.96. The maximum Gasteiger partial charge on any atom is 0.498 e. The van der Waals surface area contributed by atoms with Crippen LogP contribution in [0.4, 0.5) is 0 Å². The van der Waals surface area contributed by atoms with Crippen molar-refractivity contribution in [3.8, 4) is 5.75 Å². The lowest BCUT2D eigenvalue weighted by Gasteiger charge is -2.32. The van der Waals surface area contributed by atoms with E-state index >= 15 is 0 Å². The number of hydrogen-bond acceptors (Lipinski definition) is 5. The van der Waals surface area contributed by atoms with Crippen LogP contribution in [0.5, 0.6) is 5.75 Å². The van der Waals surface area contributed by atoms with E-state index in [1.165, 1.54) is 13.2 Å². The number of aromatic hydroxyl groups is 1. The van der Waals surface area contributed by atoms with Crippen LogP contribution in [-0.4, -0.2) is 36.5 Å². The summed E-state index contributed by atoms with van der Waals surface area (Å²) in [4.78, 5) is 11.4. The van der Waals surface area contributed by atoms with Gasteiger partial charge in [0.05, 0.1) is 23.9 Å². The zero-order valence-electron chi connectivity index (χ0n) is 12.4. The molecule has 1 fully saturated rings. The van der Waals surface area contributed by atoms with Crippen molar-refractivity contribution in [2.45, 2.75) is 38.9 Å². The van der Waals surface area contributed by atoms with Gasteiger partial charge in [0.2, 0.25) is 0 Å². The second kappa shape index (κ2) is 4.79. The first-order valence-electron chi connectivity index (χ1n) is 6.45. The van der Waals surface area contributed by atoms with Crippen LogP contribution in [0.25, 0.3) is 0 Å². The van der Waals surface area contributed by atoms with Crippen LogP contribution in [0.2, 0.25) is 0 Å². The summed E-state index contributed by atoms with van der Waals surface area (Å²) in [5.41, 5.74) is -0.183. The number of carbonyl (C=O) groups excluding carboxylic acids is 1. The molecule has 0 amide bonds. The molecule has 0 bridgehead atoms. The lowest BCUT2D eigenvalue weighted by molar-refractivity contribution is 0.00578. The highest BCUT2D eigenvalue weighted by molar-refractivity contribution is 6.63. The van der Waals surface area contributed by atoms with Crippen LogP contribution in [0.3, 0.4) is 0 Å². The molecule has 108 valence electrons. The highest BCUT2D eigenvalue weighted by Gasteiger charge is 2.52. The molecule has 20 heavy (non-hydrogen) atoms. The van der Waals surface area contributed by atoms with Gasteiger partial charge in [-0.15, -0.1) is 0 Å². The third kappa shape index (κ3) is 2.41. The second-order valence-electron chi connectivity index (χ2n) is 5.85. The minimum atomic E-state index is -0.660. The van der Waals surface area contributed by atoms with E-state index in [2.05, 4.69) is 4.74 Å². The van der Waals surface area contributed by atoms with Gasteiger partial charge in [0.25, 0.3) is 0 Å². The van der Waals surface area contributed by atoms with Gasteiger partial charge in [-0.25, -0.2) is 4.79 Å². The quantitative estimate of drug-likeness (QED) is 0.655. The van der Waals surface area contributed by atoms with Crippen LogP contribution in [0, 0.1) is 0 Å². The standard InChI is InChI=1S/C14H19BO5/c1-13(2)14(3,4)20-15(19-13)10-7-6-9(8-11(10)16)12(17)18-5/h6-8,16H,1-5H3. The van der Waals surface area contributed by atoms with E-state index in [0.29, 0.717) is 5.46 Å². The maximum atomic E-state index is 11.4. The van der Waals surface area contributed by atoms with E-state index in [1.807, 2.05) is 27.7 Å². The lowest BCUT2D eigenvalue weighted by atomic mass is 9.78. The zero-order chi connectivity index (χ0) is 15.1. The molecule has 0 radical (unpaired) electrons. The lowest BCUT2D eigenvalue weighted by Crippen LogP contribution is -2.41. The van der Waals surface area contributed by atoms with Gasteiger partial charge in [-0.1, -0.05) is 6.07 Å². The van der Waals surface area contributed by atoms with E-state index in [1.54, 1.807) is 12.1 Å². The topological polar surface area (TPSA) is 65.0 Å². The Labute approximate surface area is 119 Å². The van der Waals surface area contributed by atoms with Gasteiger partial charge in [-0.05, 0) is 39.8 Å². The van der Waals surface area contributed by atoms with Gasteiger partial charge in [0.15, 0.2) is 0 Å². The molecule has 0 aliphatic carbocycles. The van der Waals surface area contributed by atoms with Crippen molar-refractivity contribution in [1.82, 2.24) is 0 Å². The second-order valence-corrected chi connectivity index (χ2v) is 5.85. The molecule has 2 rings (SSSR count). The van der Waals surface area contributed by atoms with Crippen molar-refractivity contribution in [1.29, 1.82) is 0 Å². The van der Waals surface area contributed by atoms with Gasteiger partial charge in [-0.2, -0.15) is 0 Å². The summed E-state index contributed by atoms with van der Waals surface area (Å²) in [6.45, 7) is 7.75. The summed E-state index contributed by atoms with van der Waals surface area (Å²) in [5, 5.41) is 10.1.